The van der Waals surface area contributed by atoms with Crippen LogP contribution >= 0.6 is 0 Å². The van der Waals surface area contributed by atoms with Gasteiger partial charge in [-0.3, -0.25) is 4.79 Å². The maximum Gasteiger partial charge on any atom is 0.262 e. The lowest BCUT2D eigenvalue weighted by molar-refractivity contribution is -0.135. The topological polar surface area (TPSA) is 89.7 Å². The Bertz CT molecular complexity index is 522. The predicted octanol–water partition coefficient (Wildman–Crippen LogP) is 0.190. The number of carbonyl (C=O) groups excluding carboxylic acids is 1. The molecule has 1 amide bonds. The van der Waals surface area contributed by atoms with Gasteiger partial charge in [0.2, 0.25) is 10.0 Å². The number of benzene rings is 1. The highest BCUT2D eigenvalue weighted by Crippen LogP contribution is 2.16. The van der Waals surface area contributed by atoms with Crippen LogP contribution in [-0.2, 0) is 14.8 Å². The number of hydrogen-bond donors (Lipinski definition) is 1. The fourth-order valence-electron chi connectivity index (χ4n) is 1.33. The summed E-state index contributed by atoms with van der Waals surface area (Å²) in [6, 6.07) is 5.58. The average Bonchev–Trinajstić information content (AvgIpc) is 2.27. The van der Waals surface area contributed by atoms with Gasteiger partial charge in [-0.2, -0.15) is 0 Å². The van der Waals surface area contributed by atoms with Gasteiger partial charge in [0.15, 0.2) is 6.10 Å². The van der Waals surface area contributed by atoms with Gasteiger partial charge in [-0.15, -0.1) is 0 Å². The van der Waals surface area contributed by atoms with Gasteiger partial charge < -0.3 is 9.64 Å². The third kappa shape index (κ3) is 3.71. The van der Waals surface area contributed by atoms with E-state index in [0.717, 1.165) is 0 Å². The van der Waals surface area contributed by atoms with E-state index in [4.69, 9.17) is 9.88 Å². The van der Waals surface area contributed by atoms with Crippen LogP contribution < -0.4 is 9.88 Å². The van der Waals surface area contributed by atoms with Gasteiger partial charge in [-0.05, 0) is 31.2 Å². The highest BCUT2D eigenvalue weighted by atomic mass is 32.2. The zero-order valence-corrected chi connectivity index (χ0v) is 11.3. The summed E-state index contributed by atoms with van der Waals surface area (Å²) in [5, 5.41) is 4.97. The molecule has 1 atom stereocenters. The van der Waals surface area contributed by atoms with Crippen molar-refractivity contribution < 1.29 is 17.9 Å². The monoisotopic (exact) mass is 272 g/mol. The molecule has 0 spiro atoms. The zero-order chi connectivity index (χ0) is 13.9. The Kier molecular flexibility index (Phi) is 4.31. The molecule has 1 unspecified atom stereocenters. The van der Waals surface area contributed by atoms with E-state index in [2.05, 4.69) is 0 Å². The third-order valence-electron chi connectivity index (χ3n) is 2.25. The Morgan fingerprint density at radius 2 is 1.78 bits per heavy atom. The van der Waals surface area contributed by atoms with Gasteiger partial charge >= 0.3 is 0 Å². The van der Waals surface area contributed by atoms with E-state index >= 15 is 0 Å². The second-order valence-electron chi connectivity index (χ2n) is 4.01. The minimum atomic E-state index is -3.71. The summed E-state index contributed by atoms with van der Waals surface area (Å²) in [6.07, 6.45) is -0.639. The lowest BCUT2D eigenvalue weighted by Gasteiger charge is -2.18. The van der Waals surface area contributed by atoms with Crippen LogP contribution in [-0.4, -0.2) is 39.4 Å². The lowest BCUT2D eigenvalue weighted by atomic mass is 10.3. The van der Waals surface area contributed by atoms with Crippen LogP contribution in [0, 0.1) is 0 Å². The SMILES string of the molecule is CC(Oc1ccc(S(N)(=O)=O)cc1)C(=O)N(C)C. The molecule has 0 radical (unpaired) electrons. The van der Waals surface area contributed by atoms with Crippen LogP contribution in [0.15, 0.2) is 29.2 Å². The van der Waals surface area contributed by atoms with E-state index in [9.17, 15) is 13.2 Å². The zero-order valence-electron chi connectivity index (χ0n) is 10.5. The number of amides is 1. The Morgan fingerprint density at radius 3 is 2.17 bits per heavy atom. The highest BCUT2D eigenvalue weighted by molar-refractivity contribution is 7.89. The molecule has 0 heterocycles. The van der Waals surface area contributed by atoms with Crippen LogP contribution in [0.3, 0.4) is 0 Å². The number of primary sulfonamides is 1. The first-order valence-electron chi connectivity index (χ1n) is 5.22. The summed E-state index contributed by atoms with van der Waals surface area (Å²) in [6.45, 7) is 1.62. The molecule has 0 aromatic heterocycles. The molecular formula is C11H16N2O4S. The molecule has 0 fully saturated rings. The van der Waals surface area contributed by atoms with E-state index in [1.165, 1.54) is 29.2 Å². The molecule has 18 heavy (non-hydrogen) atoms. The number of carbonyl (C=O) groups is 1. The lowest BCUT2D eigenvalue weighted by Crippen LogP contribution is -2.35. The van der Waals surface area contributed by atoms with Gasteiger partial charge in [0.1, 0.15) is 5.75 Å². The van der Waals surface area contributed by atoms with Crippen molar-refractivity contribution in [1.82, 2.24) is 4.90 Å². The Morgan fingerprint density at radius 1 is 1.28 bits per heavy atom. The van der Waals surface area contributed by atoms with E-state index in [-0.39, 0.29) is 10.8 Å². The summed E-state index contributed by atoms with van der Waals surface area (Å²) >= 11 is 0. The number of likely N-dealkylation sites (N-methyl/N-ethyl adjacent to an activating group) is 1. The van der Waals surface area contributed by atoms with Crippen LogP contribution in [0.2, 0.25) is 0 Å². The van der Waals surface area contributed by atoms with E-state index in [0.29, 0.717) is 5.75 Å². The summed E-state index contributed by atoms with van der Waals surface area (Å²) in [7, 11) is -0.446. The summed E-state index contributed by atoms with van der Waals surface area (Å²) in [5.74, 6) is 0.232. The average molecular weight is 272 g/mol. The molecule has 0 aliphatic rings. The Balaban J connectivity index is 2.79. The second-order valence-corrected chi connectivity index (χ2v) is 5.57. The smallest absolute Gasteiger partial charge is 0.262 e. The fraction of sp³-hybridized carbons (Fsp3) is 0.364. The molecule has 100 valence electrons. The number of nitrogens with zero attached hydrogens (tertiary/aromatic N) is 1. The van der Waals surface area contributed by atoms with Gasteiger partial charge in [0, 0.05) is 14.1 Å². The van der Waals surface area contributed by atoms with Gasteiger partial charge in [-0.1, -0.05) is 0 Å². The van der Waals surface area contributed by atoms with Crippen molar-refractivity contribution >= 4 is 15.9 Å². The van der Waals surface area contributed by atoms with Gasteiger partial charge in [0.25, 0.3) is 5.91 Å². The minimum Gasteiger partial charge on any atom is -0.481 e. The first kappa shape index (κ1) is 14.5. The van der Waals surface area contributed by atoms with Crippen molar-refractivity contribution in [1.29, 1.82) is 0 Å². The molecular weight excluding hydrogens is 256 g/mol. The Labute approximate surface area is 106 Å². The molecule has 0 bridgehead atoms. The van der Waals surface area contributed by atoms with Crippen LogP contribution in [0.4, 0.5) is 0 Å². The predicted molar refractivity (Wildman–Crippen MR) is 66.6 cm³/mol. The van der Waals surface area contributed by atoms with Crippen molar-refractivity contribution in [2.45, 2.75) is 17.9 Å². The highest BCUT2D eigenvalue weighted by Gasteiger charge is 2.16. The number of sulfonamides is 1. The first-order valence-corrected chi connectivity index (χ1v) is 6.77. The summed E-state index contributed by atoms with van der Waals surface area (Å²) < 4.78 is 27.5. The van der Waals surface area contributed by atoms with E-state index in [1.54, 1.807) is 21.0 Å². The normalized spacial score (nSPS) is 12.9. The Hall–Kier alpha value is -1.60. The molecule has 0 saturated heterocycles. The van der Waals surface area contributed by atoms with Crippen LogP contribution in [0.1, 0.15) is 6.92 Å². The molecule has 6 nitrogen and oxygen atoms in total. The van der Waals surface area contributed by atoms with Crippen LogP contribution in [0.5, 0.6) is 5.75 Å². The molecule has 7 heteroatoms. The van der Waals surface area contributed by atoms with Crippen LogP contribution in [0.25, 0.3) is 0 Å². The fourth-order valence-corrected chi connectivity index (χ4v) is 1.84. The first-order chi connectivity index (χ1) is 8.21. The molecule has 0 aliphatic carbocycles. The summed E-state index contributed by atoms with van der Waals surface area (Å²) in [5.41, 5.74) is 0. The largest absolute Gasteiger partial charge is 0.481 e. The molecule has 2 N–H and O–H groups in total. The number of ether oxygens (including phenoxy) is 1. The number of nitrogens with two attached hydrogens (primary N) is 1. The molecule has 0 saturated carbocycles. The molecule has 0 aliphatic heterocycles. The number of rotatable bonds is 4. The van der Waals surface area contributed by atoms with Crippen molar-refractivity contribution in [3.05, 3.63) is 24.3 Å². The van der Waals surface area contributed by atoms with Crippen molar-refractivity contribution in [2.75, 3.05) is 14.1 Å². The maximum absolute atomic E-state index is 11.6. The quantitative estimate of drug-likeness (QED) is 0.847. The van der Waals surface area contributed by atoms with E-state index < -0.39 is 16.1 Å². The second kappa shape index (κ2) is 5.36. The van der Waals surface area contributed by atoms with Crippen molar-refractivity contribution in [3.8, 4) is 5.75 Å². The molecule has 1 rings (SSSR count). The summed E-state index contributed by atoms with van der Waals surface area (Å²) in [4.78, 5) is 13.0. The van der Waals surface area contributed by atoms with Gasteiger partial charge in [-0.25, -0.2) is 13.6 Å². The molecule has 1 aromatic carbocycles. The maximum atomic E-state index is 11.6. The van der Waals surface area contributed by atoms with Gasteiger partial charge in [0.05, 0.1) is 4.90 Å². The third-order valence-corrected chi connectivity index (χ3v) is 3.18. The minimum absolute atomic E-state index is 0.00133. The molecule has 1 aromatic rings. The van der Waals surface area contributed by atoms with E-state index in [1.807, 2.05) is 0 Å². The number of hydrogen-bond acceptors (Lipinski definition) is 4. The van der Waals surface area contributed by atoms with Crippen molar-refractivity contribution in [3.63, 3.8) is 0 Å². The van der Waals surface area contributed by atoms with Crippen molar-refractivity contribution in [2.24, 2.45) is 5.14 Å². The standard InChI is InChI=1S/C11H16N2O4S/c1-8(11(14)13(2)3)17-9-4-6-10(7-5-9)18(12,15)16/h4-8H,1-3H3,(H2,12,15,16).